The topological polar surface area (TPSA) is 58.2 Å². The van der Waals surface area contributed by atoms with Gasteiger partial charge in [-0.3, -0.25) is 9.59 Å². The van der Waals surface area contributed by atoms with E-state index in [0.29, 0.717) is 0 Å². The third-order valence-corrected chi connectivity index (χ3v) is 3.42. The van der Waals surface area contributed by atoms with Crippen molar-refractivity contribution >= 4 is 11.8 Å². The van der Waals surface area contributed by atoms with E-state index in [-0.39, 0.29) is 30.3 Å². The van der Waals surface area contributed by atoms with Crippen molar-refractivity contribution in [1.29, 1.82) is 0 Å². The zero-order chi connectivity index (χ0) is 12.7. The Kier molecular flexibility index (Phi) is 6.01. The monoisotopic (exact) mass is 240 g/mol. The van der Waals surface area contributed by atoms with Gasteiger partial charge in [0.15, 0.2) is 0 Å². The molecule has 1 aliphatic carbocycles. The van der Waals surface area contributed by atoms with Crippen LogP contribution in [-0.2, 0) is 9.59 Å². The molecular formula is C13H24N2O2. The van der Waals surface area contributed by atoms with Crippen LogP contribution in [0, 0.1) is 5.92 Å². The summed E-state index contributed by atoms with van der Waals surface area (Å²) in [5.41, 5.74) is 0. The molecule has 1 aliphatic rings. The summed E-state index contributed by atoms with van der Waals surface area (Å²) in [4.78, 5) is 23.2. The Balaban J connectivity index is 2.20. The van der Waals surface area contributed by atoms with Gasteiger partial charge in [0.2, 0.25) is 11.8 Å². The van der Waals surface area contributed by atoms with Crippen LogP contribution in [0.3, 0.4) is 0 Å². The first-order valence-electron chi connectivity index (χ1n) is 6.70. The van der Waals surface area contributed by atoms with Crippen molar-refractivity contribution in [1.82, 2.24) is 10.6 Å². The lowest BCUT2D eigenvalue weighted by molar-refractivity contribution is -0.129. The maximum Gasteiger partial charge on any atom is 0.239 e. The van der Waals surface area contributed by atoms with Gasteiger partial charge in [-0.2, -0.15) is 0 Å². The Morgan fingerprint density at radius 2 is 1.88 bits per heavy atom. The number of carbonyl (C=O) groups excluding carboxylic acids is 2. The van der Waals surface area contributed by atoms with Crippen molar-refractivity contribution in [2.75, 3.05) is 6.54 Å². The largest absolute Gasteiger partial charge is 0.352 e. The van der Waals surface area contributed by atoms with Crippen LogP contribution in [-0.4, -0.2) is 24.4 Å². The van der Waals surface area contributed by atoms with E-state index in [1.165, 1.54) is 6.42 Å². The van der Waals surface area contributed by atoms with E-state index in [0.717, 1.165) is 32.1 Å². The van der Waals surface area contributed by atoms with Gasteiger partial charge in [0.1, 0.15) is 0 Å². The fourth-order valence-corrected chi connectivity index (χ4v) is 2.10. The van der Waals surface area contributed by atoms with Gasteiger partial charge < -0.3 is 10.6 Å². The van der Waals surface area contributed by atoms with Gasteiger partial charge in [0.25, 0.3) is 0 Å². The van der Waals surface area contributed by atoms with E-state index in [4.69, 9.17) is 0 Å². The zero-order valence-electron chi connectivity index (χ0n) is 10.9. The van der Waals surface area contributed by atoms with Crippen LogP contribution in [0.2, 0.25) is 0 Å². The van der Waals surface area contributed by atoms with Crippen LogP contribution in [0.25, 0.3) is 0 Å². The molecule has 1 saturated carbocycles. The van der Waals surface area contributed by atoms with Crippen LogP contribution in [0.1, 0.15) is 52.4 Å². The second-order valence-electron chi connectivity index (χ2n) is 4.93. The molecule has 0 spiro atoms. The highest BCUT2D eigenvalue weighted by atomic mass is 16.2. The minimum absolute atomic E-state index is 0.0454. The molecule has 4 heteroatoms. The number of hydrogen-bond donors (Lipinski definition) is 2. The molecule has 2 N–H and O–H groups in total. The molecule has 1 rings (SSSR count). The Hall–Kier alpha value is -1.06. The van der Waals surface area contributed by atoms with Crippen molar-refractivity contribution in [3.63, 3.8) is 0 Å². The third-order valence-electron chi connectivity index (χ3n) is 3.42. The van der Waals surface area contributed by atoms with Crippen LogP contribution in [0.15, 0.2) is 0 Å². The predicted molar refractivity (Wildman–Crippen MR) is 67.5 cm³/mol. The van der Waals surface area contributed by atoms with Crippen molar-refractivity contribution < 1.29 is 9.59 Å². The second-order valence-corrected chi connectivity index (χ2v) is 4.93. The molecule has 0 aromatic rings. The van der Waals surface area contributed by atoms with Gasteiger partial charge in [0.05, 0.1) is 6.54 Å². The normalized spacial score (nSPS) is 18.5. The molecule has 0 aromatic carbocycles. The highest BCUT2D eigenvalue weighted by molar-refractivity contribution is 5.85. The standard InChI is InChI=1S/C13H24N2O2/c1-3-10(2)15-12(16)9-14-13(17)11-7-5-4-6-8-11/h10-11H,3-9H2,1-2H3,(H,14,17)(H,15,16). The van der Waals surface area contributed by atoms with Crippen molar-refractivity contribution in [3.8, 4) is 0 Å². The molecule has 1 unspecified atom stereocenters. The average Bonchev–Trinajstić information content (AvgIpc) is 2.36. The molecule has 0 radical (unpaired) electrons. The van der Waals surface area contributed by atoms with Gasteiger partial charge in [0, 0.05) is 12.0 Å². The molecule has 0 bridgehead atoms. The summed E-state index contributed by atoms with van der Waals surface area (Å²) in [5.74, 6) is 0.0765. The third kappa shape index (κ3) is 5.20. The summed E-state index contributed by atoms with van der Waals surface area (Å²) in [7, 11) is 0. The Labute approximate surface area is 104 Å². The first-order chi connectivity index (χ1) is 8.13. The highest BCUT2D eigenvalue weighted by Crippen LogP contribution is 2.23. The van der Waals surface area contributed by atoms with Crippen molar-refractivity contribution in [3.05, 3.63) is 0 Å². The molecule has 1 fully saturated rings. The quantitative estimate of drug-likeness (QED) is 0.767. The second kappa shape index (κ2) is 7.30. The van der Waals surface area contributed by atoms with E-state index in [1.54, 1.807) is 0 Å². The first kappa shape index (κ1) is 14.0. The minimum atomic E-state index is -0.0940. The summed E-state index contributed by atoms with van der Waals surface area (Å²) in [6.07, 6.45) is 6.35. The lowest BCUT2D eigenvalue weighted by atomic mass is 9.89. The predicted octanol–water partition coefficient (Wildman–Crippen LogP) is 1.60. The highest BCUT2D eigenvalue weighted by Gasteiger charge is 2.21. The van der Waals surface area contributed by atoms with E-state index in [1.807, 2.05) is 13.8 Å². The van der Waals surface area contributed by atoms with E-state index >= 15 is 0 Å². The molecule has 1 atom stereocenters. The molecule has 0 saturated heterocycles. The minimum Gasteiger partial charge on any atom is -0.352 e. The van der Waals surface area contributed by atoms with Crippen molar-refractivity contribution in [2.45, 2.75) is 58.4 Å². The van der Waals surface area contributed by atoms with Gasteiger partial charge in [-0.15, -0.1) is 0 Å². The Bertz CT molecular complexity index is 260. The molecule has 98 valence electrons. The SMILES string of the molecule is CCC(C)NC(=O)CNC(=O)C1CCCCC1. The number of hydrogen-bond acceptors (Lipinski definition) is 2. The number of rotatable bonds is 5. The van der Waals surface area contributed by atoms with Crippen LogP contribution >= 0.6 is 0 Å². The molecule has 2 amide bonds. The van der Waals surface area contributed by atoms with E-state index in [2.05, 4.69) is 10.6 Å². The maximum atomic E-state index is 11.8. The smallest absolute Gasteiger partial charge is 0.239 e. The van der Waals surface area contributed by atoms with E-state index < -0.39 is 0 Å². The van der Waals surface area contributed by atoms with Gasteiger partial charge in [-0.25, -0.2) is 0 Å². The van der Waals surface area contributed by atoms with E-state index in [9.17, 15) is 9.59 Å². The fourth-order valence-electron chi connectivity index (χ4n) is 2.10. The summed E-state index contributed by atoms with van der Waals surface area (Å²) in [5, 5.41) is 5.56. The average molecular weight is 240 g/mol. The molecule has 0 aromatic heterocycles. The van der Waals surface area contributed by atoms with Gasteiger partial charge in [-0.05, 0) is 26.2 Å². The lowest BCUT2D eigenvalue weighted by Crippen LogP contribution is -2.42. The first-order valence-corrected chi connectivity index (χ1v) is 6.70. The Morgan fingerprint density at radius 1 is 1.24 bits per heavy atom. The molecular weight excluding hydrogens is 216 g/mol. The summed E-state index contributed by atoms with van der Waals surface area (Å²) in [6.45, 7) is 4.09. The summed E-state index contributed by atoms with van der Waals surface area (Å²) in [6, 6.07) is 0.175. The lowest BCUT2D eigenvalue weighted by Gasteiger charge is -2.20. The molecule has 4 nitrogen and oxygen atoms in total. The van der Waals surface area contributed by atoms with Gasteiger partial charge >= 0.3 is 0 Å². The maximum absolute atomic E-state index is 11.8. The number of nitrogens with one attached hydrogen (secondary N) is 2. The number of carbonyl (C=O) groups is 2. The number of amides is 2. The molecule has 0 heterocycles. The van der Waals surface area contributed by atoms with Crippen LogP contribution in [0.4, 0.5) is 0 Å². The Morgan fingerprint density at radius 3 is 2.47 bits per heavy atom. The fraction of sp³-hybridized carbons (Fsp3) is 0.846. The zero-order valence-corrected chi connectivity index (χ0v) is 10.9. The van der Waals surface area contributed by atoms with Crippen LogP contribution < -0.4 is 10.6 Å². The summed E-state index contributed by atoms with van der Waals surface area (Å²) < 4.78 is 0. The molecule has 17 heavy (non-hydrogen) atoms. The van der Waals surface area contributed by atoms with Gasteiger partial charge in [-0.1, -0.05) is 26.2 Å². The van der Waals surface area contributed by atoms with Crippen molar-refractivity contribution in [2.24, 2.45) is 5.92 Å². The summed E-state index contributed by atoms with van der Waals surface area (Å²) >= 11 is 0. The molecule has 0 aliphatic heterocycles. The van der Waals surface area contributed by atoms with Crippen LogP contribution in [0.5, 0.6) is 0 Å².